The number of nitriles is 3. The van der Waals surface area contributed by atoms with E-state index < -0.39 is 16.2 Å². The first kappa shape index (κ1) is 26.5. The van der Waals surface area contributed by atoms with E-state index in [-0.39, 0.29) is 22.4 Å². The van der Waals surface area contributed by atoms with Gasteiger partial charge < -0.3 is 18.7 Å². The highest BCUT2D eigenvalue weighted by Gasteiger charge is 2.22. The molecule has 1 heterocycles. The monoisotopic (exact) mass is 582 g/mol. The normalized spacial score (nSPS) is 11.0. The summed E-state index contributed by atoms with van der Waals surface area (Å²) < 4.78 is 20.2. The second-order valence-electron chi connectivity index (χ2n) is 7.69. The smallest absolute Gasteiger partial charge is 0.319 e. The van der Waals surface area contributed by atoms with Crippen LogP contribution in [-0.2, 0) is 0 Å². The lowest BCUT2D eigenvalue weighted by atomic mass is 10.0. The van der Waals surface area contributed by atoms with E-state index >= 15 is 0 Å². The molecular weight excluding hydrogens is 565 g/mol. The molecular formula is C27H17N6O4P3. The predicted molar refractivity (Wildman–Crippen MR) is 150 cm³/mol. The molecule has 0 amide bonds. The molecule has 13 heteroatoms. The molecule has 0 fully saturated rings. The van der Waals surface area contributed by atoms with Crippen molar-refractivity contribution in [1.29, 1.82) is 15.8 Å². The van der Waals surface area contributed by atoms with Crippen LogP contribution in [0, 0.1) is 34.0 Å². The summed E-state index contributed by atoms with van der Waals surface area (Å²) in [4.78, 5) is 12.4. The molecule has 0 aliphatic rings. The first-order valence-corrected chi connectivity index (χ1v) is 14.7. The van der Waals surface area contributed by atoms with Gasteiger partial charge in [-0.25, -0.2) is 0 Å². The van der Waals surface area contributed by atoms with Crippen LogP contribution in [0.3, 0.4) is 0 Å². The Kier molecular flexibility index (Phi) is 8.33. The topological polar surface area (TPSA) is 131 Å². The zero-order valence-electron chi connectivity index (χ0n) is 20.5. The van der Waals surface area contributed by atoms with Gasteiger partial charge in [0.15, 0.2) is 20.0 Å². The van der Waals surface area contributed by atoms with Gasteiger partial charge >= 0.3 is 16.2 Å². The Labute approximate surface area is 233 Å². The van der Waals surface area contributed by atoms with Crippen LogP contribution in [0.2, 0.25) is 0 Å². The van der Waals surface area contributed by atoms with Gasteiger partial charge in [0.05, 0.1) is 11.1 Å². The first-order valence-electron chi connectivity index (χ1n) is 11.6. The van der Waals surface area contributed by atoms with Crippen LogP contribution in [0.15, 0.2) is 103 Å². The average molecular weight is 582 g/mol. The number of benzene rings is 4. The third-order valence-corrected chi connectivity index (χ3v) is 9.77. The Morgan fingerprint density at radius 1 is 0.625 bits per heavy atom. The van der Waals surface area contributed by atoms with Gasteiger partial charge in [-0.2, -0.15) is 15.8 Å². The molecule has 0 aliphatic heterocycles. The summed E-state index contributed by atoms with van der Waals surface area (Å²) in [7, 11) is -3.38. The summed E-state index contributed by atoms with van der Waals surface area (Å²) in [6.45, 7) is 0. The zero-order chi connectivity index (χ0) is 27.7. The molecule has 5 rings (SSSR count). The maximum Gasteiger partial charge on any atom is 0.319 e. The molecule has 4 aromatic carbocycles. The van der Waals surface area contributed by atoms with Crippen molar-refractivity contribution in [2.75, 3.05) is 0 Å². The third-order valence-electron chi connectivity index (χ3n) is 5.11. The van der Waals surface area contributed by atoms with Gasteiger partial charge in [0.1, 0.15) is 35.3 Å². The Balaban J connectivity index is 1.69. The van der Waals surface area contributed by atoms with Gasteiger partial charge in [-0.1, -0.05) is 58.9 Å². The summed E-state index contributed by atoms with van der Waals surface area (Å²) >= 11 is 0. The van der Waals surface area contributed by atoms with Crippen LogP contribution in [0.5, 0.6) is 23.0 Å². The van der Waals surface area contributed by atoms with Gasteiger partial charge in [0.2, 0.25) is 0 Å². The fourth-order valence-electron chi connectivity index (χ4n) is 3.31. The van der Waals surface area contributed by atoms with Gasteiger partial charge in [0, 0.05) is 0 Å². The zero-order valence-corrected chi connectivity index (χ0v) is 23.2. The van der Waals surface area contributed by atoms with Crippen LogP contribution >= 0.6 is 24.7 Å². The van der Waals surface area contributed by atoms with Crippen LogP contribution in [0.4, 0.5) is 0 Å². The quantitative estimate of drug-likeness (QED) is 0.186. The minimum Gasteiger partial charge on any atom is -0.414 e. The Hall–Kier alpha value is -5.15. The molecule has 0 saturated heterocycles. The molecule has 10 nitrogen and oxygen atoms in total. The summed E-state index contributed by atoms with van der Waals surface area (Å²) in [5.41, 5.74) is -0.0762. The van der Waals surface area contributed by atoms with Crippen molar-refractivity contribution >= 4 is 24.7 Å². The molecule has 0 radical (unpaired) electrons. The molecule has 0 spiro atoms. The summed E-state index contributed by atoms with van der Waals surface area (Å²) in [6.07, 6.45) is 0. The lowest BCUT2D eigenvalue weighted by Gasteiger charge is -2.21. The summed E-state index contributed by atoms with van der Waals surface area (Å²) in [5, 5.41) is 28.8. The van der Waals surface area contributed by atoms with E-state index in [1.165, 1.54) is 20.6 Å². The number of aromatic nitrogens is 3. The molecule has 0 saturated carbocycles. The molecule has 194 valence electrons. The second-order valence-corrected chi connectivity index (χ2v) is 12.0. The van der Waals surface area contributed by atoms with Gasteiger partial charge in [-0.05, 0) is 52.8 Å². The van der Waals surface area contributed by atoms with Crippen LogP contribution in [0.25, 0.3) is 0 Å². The van der Waals surface area contributed by atoms with E-state index in [2.05, 4.69) is 4.51 Å². The third kappa shape index (κ3) is 5.95. The molecule has 2 atom stereocenters. The van der Waals surface area contributed by atoms with E-state index in [4.69, 9.17) is 18.7 Å². The molecule has 0 aliphatic carbocycles. The second kappa shape index (κ2) is 12.6. The Bertz CT molecular complexity index is 1790. The van der Waals surface area contributed by atoms with E-state index in [1.54, 1.807) is 24.3 Å². The van der Waals surface area contributed by atoms with Crippen molar-refractivity contribution in [2.24, 2.45) is 0 Å². The fraction of sp³-hybridized carbons (Fsp3) is 0. The van der Waals surface area contributed by atoms with Crippen molar-refractivity contribution < 1.29 is 18.7 Å². The van der Waals surface area contributed by atoms with E-state index in [9.17, 15) is 15.8 Å². The minimum absolute atomic E-state index is 0.0692. The standard InChI is InChI=1S/C27H17N6O4P3/c28-18-21-16-17-27(26(20-30)25(21)19-29)35-32-38-31-39(36-23-12-6-2-7-13-23)33(34-22-10-4-1-5-11-22)40(32)37-24-14-8-3-9-15-24/h1-17H. The van der Waals surface area contributed by atoms with Crippen molar-refractivity contribution in [3.8, 4) is 41.2 Å². The molecule has 40 heavy (non-hydrogen) atoms. The number of nitrogens with zero attached hydrogens (tertiary/aromatic N) is 6. The number of hydrogen-bond acceptors (Lipinski definition) is 8. The van der Waals surface area contributed by atoms with Crippen LogP contribution in [-0.4, -0.2) is 13.0 Å². The van der Waals surface area contributed by atoms with Crippen molar-refractivity contribution in [3.05, 3.63) is 120 Å². The maximum atomic E-state index is 9.82. The van der Waals surface area contributed by atoms with E-state index in [1.807, 2.05) is 84.9 Å². The largest absolute Gasteiger partial charge is 0.414 e. The molecule has 0 N–H and O–H groups in total. The van der Waals surface area contributed by atoms with Gasteiger partial charge in [-0.3, -0.25) is 0 Å². The number of para-hydroxylation sites is 3. The van der Waals surface area contributed by atoms with Crippen molar-refractivity contribution in [2.45, 2.75) is 0 Å². The maximum absolute atomic E-state index is 9.82. The molecule has 5 aromatic rings. The highest BCUT2D eigenvalue weighted by atomic mass is 31.2. The lowest BCUT2D eigenvalue weighted by Crippen LogP contribution is -2.14. The van der Waals surface area contributed by atoms with Crippen LogP contribution in [0.1, 0.15) is 16.7 Å². The summed E-state index contributed by atoms with van der Waals surface area (Å²) in [6, 6.07) is 36.2. The predicted octanol–water partition coefficient (Wildman–Crippen LogP) is 7.35. The summed E-state index contributed by atoms with van der Waals surface area (Å²) in [5.74, 6) is 1.72. The minimum atomic E-state index is -1.94. The SMILES string of the molecule is N#Cc1ccc(On2pnp(Oc3ccccc3)n(Oc3ccccc3)p2Oc2ccccc2)c(C#N)c1C#N. The average Bonchev–Trinajstić information content (AvgIpc) is 3.01. The number of hydrogen-bond donors (Lipinski definition) is 0. The first-order chi connectivity index (χ1) is 19.7. The Morgan fingerprint density at radius 3 is 1.77 bits per heavy atom. The highest BCUT2D eigenvalue weighted by Crippen LogP contribution is 2.43. The molecule has 2 unspecified atom stereocenters. The van der Waals surface area contributed by atoms with E-state index in [0.717, 1.165) is 0 Å². The lowest BCUT2D eigenvalue weighted by molar-refractivity contribution is 0.232. The molecule has 0 bridgehead atoms. The van der Waals surface area contributed by atoms with Gasteiger partial charge in [-0.15, -0.1) is 4.51 Å². The van der Waals surface area contributed by atoms with Gasteiger partial charge in [0.25, 0.3) is 0 Å². The number of rotatable bonds is 8. The molecule has 1 aromatic heterocycles. The fourth-order valence-corrected chi connectivity index (χ4v) is 8.24. The highest BCUT2D eigenvalue weighted by molar-refractivity contribution is 7.56. The van der Waals surface area contributed by atoms with Crippen molar-refractivity contribution in [3.63, 3.8) is 0 Å². The van der Waals surface area contributed by atoms with Crippen LogP contribution < -0.4 is 18.7 Å². The van der Waals surface area contributed by atoms with E-state index in [0.29, 0.717) is 25.8 Å². The Morgan fingerprint density at radius 2 is 1.20 bits per heavy atom. The van der Waals surface area contributed by atoms with Crippen molar-refractivity contribution in [1.82, 2.24) is 13.0 Å².